The molecule has 0 radical (unpaired) electrons. The SMILES string of the molecule is CCc1ccc(CN(CC2CCNCC2)C(C)C)s1. The lowest BCUT2D eigenvalue weighted by molar-refractivity contribution is 0.163. The first-order valence-corrected chi connectivity index (χ1v) is 8.53. The van der Waals surface area contributed by atoms with Gasteiger partial charge in [0, 0.05) is 28.9 Å². The van der Waals surface area contributed by atoms with Crippen LogP contribution >= 0.6 is 11.3 Å². The summed E-state index contributed by atoms with van der Waals surface area (Å²) in [5.74, 6) is 0.884. The maximum Gasteiger partial charge on any atom is 0.0330 e. The van der Waals surface area contributed by atoms with Crippen LogP contribution in [0.5, 0.6) is 0 Å². The molecule has 0 spiro atoms. The Hall–Kier alpha value is -0.380. The molecule has 1 saturated heterocycles. The first kappa shape index (κ1) is 15.0. The van der Waals surface area contributed by atoms with Gasteiger partial charge >= 0.3 is 0 Å². The summed E-state index contributed by atoms with van der Waals surface area (Å²) < 4.78 is 0. The molecule has 1 fully saturated rings. The van der Waals surface area contributed by atoms with Crippen LogP contribution in [0.2, 0.25) is 0 Å². The molecule has 0 aromatic carbocycles. The molecule has 1 aliphatic heterocycles. The van der Waals surface area contributed by atoms with Gasteiger partial charge in [-0.1, -0.05) is 6.92 Å². The van der Waals surface area contributed by atoms with E-state index in [1.54, 1.807) is 0 Å². The molecule has 0 atom stereocenters. The van der Waals surface area contributed by atoms with Gasteiger partial charge in [0.25, 0.3) is 0 Å². The summed E-state index contributed by atoms with van der Waals surface area (Å²) in [6, 6.07) is 5.26. The average Bonchev–Trinajstić information content (AvgIpc) is 2.87. The van der Waals surface area contributed by atoms with E-state index in [2.05, 4.69) is 43.1 Å². The van der Waals surface area contributed by atoms with E-state index in [0.717, 1.165) is 12.5 Å². The van der Waals surface area contributed by atoms with Crippen molar-refractivity contribution in [3.63, 3.8) is 0 Å². The monoisotopic (exact) mass is 280 g/mol. The second-order valence-electron chi connectivity index (χ2n) is 5.94. The molecular formula is C16H28N2S. The number of aryl methyl sites for hydroxylation is 1. The Labute approximate surface area is 122 Å². The molecule has 108 valence electrons. The van der Waals surface area contributed by atoms with Crippen molar-refractivity contribution < 1.29 is 0 Å². The van der Waals surface area contributed by atoms with Crippen molar-refractivity contribution in [2.75, 3.05) is 19.6 Å². The topological polar surface area (TPSA) is 15.3 Å². The molecule has 0 bridgehead atoms. The van der Waals surface area contributed by atoms with Crippen LogP contribution in [0.1, 0.15) is 43.4 Å². The van der Waals surface area contributed by atoms with Gasteiger partial charge in [0.2, 0.25) is 0 Å². The second-order valence-corrected chi connectivity index (χ2v) is 7.19. The molecule has 1 aromatic heterocycles. The molecule has 19 heavy (non-hydrogen) atoms. The Morgan fingerprint density at radius 3 is 2.53 bits per heavy atom. The predicted molar refractivity (Wildman–Crippen MR) is 84.8 cm³/mol. The zero-order chi connectivity index (χ0) is 13.7. The van der Waals surface area contributed by atoms with Crippen molar-refractivity contribution in [3.8, 4) is 0 Å². The number of rotatable bonds is 6. The van der Waals surface area contributed by atoms with E-state index in [4.69, 9.17) is 0 Å². The smallest absolute Gasteiger partial charge is 0.0330 e. The number of piperidine rings is 1. The minimum atomic E-state index is 0.641. The molecule has 0 unspecified atom stereocenters. The van der Waals surface area contributed by atoms with E-state index in [-0.39, 0.29) is 0 Å². The fourth-order valence-corrected chi connectivity index (χ4v) is 3.74. The highest BCUT2D eigenvalue weighted by Gasteiger charge is 2.19. The maximum atomic E-state index is 3.46. The molecule has 0 saturated carbocycles. The Balaban J connectivity index is 1.91. The summed E-state index contributed by atoms with van der Waals surface area (Å²) in [6.45, 7) is 11.7. The van der Waals surface area contributed by atoms with Gasteiger partial charge in [0.05, 0.1) is 0 Å². The highest BCUT2D eigenvalue weighted by atomic mass is 32.1. The minimum absolute atomic E-state index is 0.641. The Kier molecular flexibility index (Phi) is 5.86. The van der Waals surface area contributed by atoms with E-state index in [9.17, 15) is 0 Å². The van der Waals surface area contributed by atoms with Gasteiger partial charge in [-0.3, -0.25) is 4.90 Å². The van der Waals surface area contributed by atoms with Gasteiger partial charge in [0.1, 0.15) is 0 Å². The molecule has 2 heterocycles. The van der Waals surface area contributed by atoms with Crippen LogP contribution in [0.15, 0.2) is 12.1 Å². The summed E-state index contributed by atoms with van der Waals surface area (Å²) in [6.07, 6.45) is 3.85. The van der Waals surface area contributed by atoms with Crippen LogP contribution in [0, 0.1) is 5.92 Å². The van der Waals surface area contributed by atoms with E-state index in [0.29, 0.717) is 6.04 Å². The number of nitrogens with zero attached hydrogens (tertiary/aromatic N) is 1. The lowest BCUT2D eigenvalue weighted by Crippen LogP contribution is -2.38. The van der Waals surface area contributed by atoms with Crippen LogP contribution in [0.25, 0.3) is 0 Å². The van der Waals surface area contributed by atoms with Gasteiger partial charge < -0.3 is 5.32 Å². The minimum Gasteiger partial charge on any atom is -0.317 e. The van der Waals surface area contributed by atoms with E-state index in [1.807, 2.05) is 11.3 Å². The lowest BCUT2D eigenvalue weighted by atomic mass is 9.97. The molecule has 2 nitrogen and oxygen atoms in total. The van der Waals surface area contributed by atoms with Crippen molar-refractivity contribution in [2.45, 2.75) is 52.6 Å². The zero-order valence-electron chi connectivity index (χ0n) is 12.6. The fourth-order valence-electron chi connectivity index (χ4n) is 2.75. The number of thiophene rings is 1. The first-order valence-electron chi connectivity index (χ1n) is 7.71. The quantitative estimate of drug-likeness (QED) is 0.857. The molecule has 0 amide bonds. The second kappa shape index (κ2) is 7.41. The van der Waals surface area contributed by atoms with Gasteiger partial charge in [-0.15, -0.1) is 11.3 Å². The molecule has 1 aliphatic rings. The average molecular weight is 280 g/mol. The van der Waals surface area contributed by atoms with Crippen molar-refractivity contribution >= 4 is 11.3 Å². The third-order valence-corrected chi connectivity index (χ3v) is 5.32. The van der Waals surface area contributed by atoms with Gasteiger partial charge in [-0.25, -0.2) is 0 Å². The number of nitrogens with one attached hydrogen (secondary N) is 1. The third kappa shape index (κ3) is 4.59. The Morgan fingerprint density at radius 2 is 1.95 bits per heavy atom. The predicted octanol–water partition coefficient (Wildman–Crippen LogP) is 3.52. The van der Waals surface area contributed by atoms with Crippen LogP contribution in [0.4, 0.5) is 0 Å². The molecular weight excluding hydrogens is 252 g/mol. The molecule has 1 N–H and O–H groups in total. The Morgan fingerprint density at radius 1 is 1.26 bits per heavy atom. The van der Waals surface area contributed by atoms with E-state index in [1.165, 1.54) is 48.7 Å². The highest BCUT2D eigenvalue weighted by molar-refractivity contribution is 7.11. The third-order valence-electron chi connectivity index (χ3n) is 4.11. The molecule has 2 rings (SSSR count). The van der Waals surface area contributed by atoms with Crippen molar-refractivity contribution in [1.29, 1.82) is 0 Å². The highest BCUT2D eigenvalue weighted by Crippen LogP contribution is 2.22. The summed E-state index contributed by atoms with van der Waals surface area (Å²) in [7, 11) is 0. The van der Waals surface area contributed by atoms with Crippen LogP contribution in [-0.4, -0.2) is 30.6 Å². The summed E-state index contributed by atoms with van der Waals surface area (Å²) in [5, 5.41) is 3.46. The summed E-state index contributed by atoms with van der Waals surface area (Å²) >= 11 is 1.99. The van der Waals surface area contributed by atoms with E-state index < -0.39 is 0 Å². The Bertz CT molecular complexity index is 367. The first-order chi connectivity index (χ1) is 9.19. The van der Waals surface area contributed by atoms with E-state index >= 15 is 0 Å². The van der Waals surface area contributed by atoms with Crippen molar-refractivity contribution in [3.05, 3.63) is 21.9 Å². The van der Waals surface area contributed by atoms with Gasteiger partial charge in [0.15, 0.2) is 0 Å². The zero-order valence-corrected chi connectivity index (χ0v) is 13.4. The number of hydrogen-bond donors (Lipinski definition) is 1. The van der Waals surface area contributed by atoms with Crippen molar-refractivity contribution in [2.24, 2.45) is 5.92 Å². The standard InChI is InChI=1S/C16H28N2S/c1-4-15-5-6-16(19-15)12-18(13(2)3)11-14-7-9-17-10-8-14/h5-6,13-14,17H,4,7-12H2,1-3H3. The molecule has 1 aromatic rings. The number of hydrogen-bond acceptors (Lipinski definition) is 3. The van der Waals surface area contributed by atoms with Gasteiger partial charge in [-0.2, -0.15) is 0 Å². The largest absolute Gasteiger partial charge is 0.317 e. The van der Waals surface area contributed by atoms with Crippen molar-refractivity contribution in [1.82, 2.24) is 10.2 Å². The normalized spacial score (nSPS) is 17.5. The summed E-state index contributed by atoms with van der Waals surface area (Å²) in [4.78, 5) is 5.70. The van der Waals surface area contributed by atoms with Crippen LogP contribution in [-0.2, 0) is 13.0 Å². The van der Waals surface area contributed by atoms with Gasteiger partial charge in [-0.05, 0) is 64.3 Å². The lowest BCUT2D eigenvalue weighted by Gasteiger charge is -2.32. The fraction of sp³-hybridized carbons (Fsp3) is 0.750. The van der Waals surface area contributed by atoms with Crippen LogP contribution < -0.4 is 5.32 Å². The summed E-state index contributed by atoms with van der Waals surface area (Å²) in [5.41, 5.74) is 0. The maximum absolute atomic E-state index is 3.46. The van der Waals surface area contributed by atoms with Crippen LogP contribution in [0.3, 0.4) is 0 Å². The molecule has 0 aliphatic carbocycles. The molecule has 3 heteroatoms.